The van der Waals surface area contributed by atoms with Gasteiger partial charge < -0.3 is 4.74 Å². The van der Waals surface area contributed by atoms with Gasteiger partial charge in [0, 0.05) is 0 Å². The van der Waals surface area contributed by atoms with Crippen molar-refractivity contribution in [2.24, 2.45) is 35.0 Å². The summed E-state index contributed by atoms with van der Waals surface area (Å²) in [4.78, 5) is 0. The van der Waals surface area contributed by atoms with E-state index in [0.29, 0.717) is 11.0 Å². The van der Waals surface area contributed by atoms with Crippen LogP contribution in [0.3, 0.4) is 0 Å². The fourth-order valence-corrected chi connectivity index (χ4v) is 5.58. The summed E-state index contributed by atoms with van der Waals surface area (Å²) in [5.74, 6) is 4.91. The molecule has 1 heteroatoms. The molecule has 0 aromatic rings. The van der Waals surface area contributed by atoms with Crippen LogP contribution < -0.4 is 0 Å². The fraction of sp³-hybridized carbons (Fsp3) is 1.00. The fourth-order valence-electron chi connectivity index (χ4n) is 5.58. The number of rotatable bonds is 0. The predicted molar refractivity (Wildman–Crippen MR) is 64.1 cm³/mol. The number of hydrogen-bond donors (Lipinski definition) is 0. The van der Waals surface area contributed by atoms with Crippen molar-refractivity contribution in [2.75, 3.05) is 6.61 Å². The van der Waals surface area contributed by atoms with Gasteiger partial charge >= 0.3 is 0 Å². The minimum absolute atomic E-state index is 0.374. The third kappa shape index (κ3) is 1.02. The molecule has 16 heavy (non-hydrogen) atoms. The van der Waals surface area contributed by atoms with Gasteiger partial charge in [0.15, 0.2) is 0 Å². The summed E-state index contributed by atoms with van der Waals surface area (Å²) in [6.45, 7) is 8.60. The van der Waals surface area contributed by atoms with E-state index >= 15 is 0 Å². The molecule has 4 rings (SSSR count). The van der Waals surface area contributed by atoms with Crippen molar-refractivity contribution in [3.8, 4) is 0 Å². The van der Waals surface area contributed by atoms with Crippen LogP contribution in [0, 0.1) is 35.0 Å². The zero-order valence-corrected chi connectivity index (χ0v) is 10.8. The molecule has 6 atom stereocenters. The summed E-state index contributed by atoms with van der Waals surface area (Å²) in [7, 11) is 0. The summed E-state index contributed by atoms with van der Waals surface area (Å²) >= 11 is 0. The zero-order chi connectivity index (χ0) is 11.1. The first-order valence-electron chi connectivity index (χ1n) is 7.20. The molecule has 3 saturated carbocycles. The van der Waals surface area contributed by atoms with Gasteiger partial charge in [-0.3, -0.25) is 0 Å². The maximum atomic E-state index is 5.92. The van der Waals surface area contributed by atoms with Crippen LogP contribution in [0.15, 0.2) is 0 Å². The van der Waals surface area contributed by atoms with Crippen LogP contribution in [0.1, 0.15) is 46.5 Å². The number of hydrogen-bond acceptors (Lipinski definition) is 1. The lowest BCUT2D eigenvalue weighted by Crippen LogP contribution is -2.30. The molecule has 3 aliphatic carbocycles. The summed E-state index contributed by atoms with van der Waals surface area (Å²) in [5, 5.41) is 0. The van der Waals surface area contributed by atoms with Crippen LogP contribution in [-0.2, 0) is 4.74 Å². The van der Waals surface area contributed by atoms with E-state index in [1.807, 2.05) is 0 Å². The lowest BCUT2D eigenvalue weighted by Gasteiger charge is -2.28. The second-order valence-corrected chi connectivity index (χ2v) is 7.58. The molecular weight excluding hydrogens is 196 g/mol. The van der Waals surface area contributed by atoms with E-state index < -0.39 is 0 Å². The molecule has 0 radical (unpaired) electrons. The van der Waals surface area contributed by atoms with E-state index in [-0.39, 0.29) is 0 Å². The average molecular weight is 220 g/mol. The van der Waals surface area contributed by atoms with Crippen molar-refractivity contribution in [3.63, 3.8) is 0 Å². The zero-order valence-electron chi connectivity index (χ0n) is 10.8. The van der Waals surface area contributed by atoms with Crippen molar-refractivity contribution in [3.05, 3.63) is 0 Å². The van der Waals surface area contributed by atoms with Gasteiger partial charge in [-0.25, -0.2) is 0 Å². The van der Waals surface area contributed by atoms with Gasteiger partial charge in [-0.1, -0.05) is 27.2 Å². The van der Waals surface area contributed by atoms with Crippen LogP contribution in [0.5, 0.6) is 0 Å². The maximum Gasteiger partial charge on any atom is 0.0947 e. The van der Waals surface area contributed by atoms with Crippen molar-refractivity contribution >= 4 is 0 Å². The molecule has 0 N–H and O–H groups in total. The van der Waals surface area contributed by atoms with Gasteiger partial charge in [0.05, 0.1) is 12.2 Å². The first-order chi connectivity index (χ1) is 7.56. The van der Waals surface area contributed by atoms with Crippen LogP contribution >= 0.6 is 0 Å². The quantitative estimate of drug-likeness (QED) is 0.569. The van der Waals surface area contributed by atoms with Gasteiger partial charge in [0.25, 0.3) is 0 Å². The summed E-state index contributed by atoms with van der Waals surface area (Å²) in [6, 6.07) is 0. The molecule has 1 nitrogen and oxygen atoms in total. The van der Waals surface area contributed by atoms with Crippen molar-refractivity contribution in [2.45, 2.75) is 52.1 Å². The number of fused-ring (bicyclic) bond motifs is 4. The molecule has 0 aromatic carbocycles. The molecule has 0 aromatic heterocycles. The van der Waals surface area contributed by atoms with Gasteiger partial charge in [-0.15, -0.1) is 0 Å². The smallest absolute Gasteiger partial charge is 0.0947 e. The van der Waals surface area contributed by atoms with Crippen LogP contribution in [0.25, 0.3) is 0 Å². The van der Waals surface area contributed by atoms with Gasteiger partial charge in [0.1, 0.15) is 0 Å². The topological polar surface area (TPSA) is 12.5 Å². The van der Waals surface area contributed by atoms with Gasteiger partial charge in [-0.2, -0.15) is 0 Å². The highest BCUT2D eigenvalue weighted by molar-refractivity contribution is 5.18. The molecule has 1 aliphatic heterocycles. The van der Waals surface area contributed by atoms with Crippen LogP contribution in [0.4, 0.5) is 0 Å². The largest absolute Gasteiger partial charge is 0.369 e. The predicted octanol–water partition coefficient (Wildman–Crippen LogP) is 3.48. The SMILES string of the molecule is C[C@@H]1CC[C@@H]2[C@@H]1[C@H]1[C@@H](CCC23CO3)C1(C)C. The number of epoxide rings is 1. The minimum atomic E-state index is 0.374. The Morgan fingerprint density at radius 3 is 2.50 bits per heavy atom. The van der Waals surface area contributed by atoms with Gasteiger partial charge in [0.2, 0.25) is 0 Å². The average Bonchev–Trinajstić information content (AvgIpc) is 3.07. The third-order valence-electron chi connectivity index (χ3n) is 6.68. The second kappa shape index (κ2) is 2.68. The maximum absolute atomic E-state index is 5.92. The first-order valence-corrected chi connectivity index (χ1v) is 7.20. The number of ether oxygens (including phenoxy) is 1. The monoisotopic (exact) mass is 220 g/mol. The van der Waals surface area contributed by atoms with Gasteiger partial charge in [-0.05, 0) is 54.3 Å². The van der Waals surface area contributed by atoms with E-state index in [9.17, 15) is 0 Å². The summed E-state index contributed by atoms with van der Waals surface area (Å²) < 4.78 is 5.92. The Labute approximate surface area is 98.9 Å². The Kier molecular flexibility index (Phi) is 1.67. The molecule has 90 valence electrons. The summed E-state index contributed by atoms with van der Waals surface area (Å²) in [6.07, 6.45) is 5.72. The molecule has 4 fully saturated rings. The molecule has 0 bridgehead atoms. The molecule has 1 saturated heterocycles. The van der Waals surface area contributed by atoms with Crippen LogP contribution in [-0.4, -0.2) is 12.2 Å². The van der Waals surface area contributed by atoms with E-state index in [1.165, 1.54) is 25.7 Å². The lowest BCUT2D eigenvalue weighted by molar-refractivity contribution is 0.141. The van der Waals surface area contributed by atoms with E-state index in [0.717, 1.165) is 36.2 Å². The molecular formula is C15H24O. The van der Waals surface area contributed by atoms with Crippen molar-refractivity contribution < 1.29 is 4.74 Å². The molecule has 0 amide bonds. The Balaban J connectivity index is 1.71. The highest BCUT2D eigenvalue weighted by atomic mass is 16.6. The normalized spacial score (nSPS) is 61.3. The molecule has 1 unspecified atom stereocenters. The van der Waals surface area contributed by atoms with E-state index in [4.69, 9.17) is 4.74 Å². The third-order valence-corrected chi connectivity index (χ3v) is 6.68. The van der Waals surface area contributed by atoms with E-state index in [2.05, 4.69) is 20.8 Å². The van der Waals surface area contributed by atoms with E-state index in [1.54, 1.807) is 0 Å². The Hall–Kier alpha value is -0.0400. The van der Waals surface area contributed by atoms with Crippen LogP contribution in [0.2, 0.25) is 0 Å². The Bertz CT molecular complexity index is 328. The highest BCUT2D eigenvalue weighted by Gasteiger charge is 2.70. The summed E-state index contributed by atoms with van der Waals surface area (Å²) in [5.41, 5.74) is 1.02. The molecule has 1 heterocycles. The second-order valence-electron chi connectivity index (χ2n) is 7.58. The van der Waals surface area contributed by atoms with Crippen molar-refractivity contribution in [1.29, 1.82) is 0 Å². The molecule has 1 spiro atoms. The minimum Gasteiger partial charge on any atom is -0.369 e. The molecule has 4 aliphatic rings. The highest BCUT2D eigenvalue weighted by Crippen LogP contribution is 2.72. The first kappa shape index (κ1) is 9.94. The standard InChI is InChI=1S/C15H24O/c1-9-4-5-10-12(9)13-11(14(13,2)3)6-7-15(10)8-16-15/h9-13H,4-8H2,1-3H3/t9-,10-,11-,12-,13-,15?/m1/s1. The Morgan fingerprint density at radius 2 is 1.81 bits per heavy atom. The Morgan fingerprint density at radius 1 is 1.06 bits per heavy atom. The lowest BCUT2D eigenvalue weighted by atomic mass is 9.76. The van der Waals surface area contributed by atoms with Crippen molar-refractivity contribution in [1.82, 2.24) is 0 Å².